The molecule has 0 saturated heterocycles. The molecule has 1 heterocycles. The minimum atomic E-state index is -0.327. The standard InChI is InChI=1S/C13H14N2O2S/c1-9-12(13(16)15-14)7-10(17-9)8-18-11-5-3-2-4-6-11/h2-7H,8,14H2,1H3,(H,15,16). The van der Waals surface area contributed by atoms with Crippen molar-refractivity contribution in [2.75, 3.05) is 0 Å². The van der Waals surface area contributed by atoms with Gasteiger partial charge in [-0.1, -0.05) is 18.2 Å². The number of benzene rings is 1. The summed E-state index contributed by atoms with van der Waals surface area (Å²) in [6.07, 6.45) is 0. The highest BCUT2D eigenvalue weighted by atomic mass is 32.2. The number of carbonyl (C=O) groups excluding carboxylic acids is 1. The third-order valence-corrected chi connectivity index (χ3v) is 3.50. The van der Waals surface area contributed by atoms with Crippen molar-refractivity contribution in [3.8, 4) is 0 Å². The second-order valence-electron chi connectivity index (χ2n) is 3.76. The lowest BCUT2D eigenvalue weighted by Crippen LogP contribution is -2.30. The topological polar surface area (TPSA) is 68.3 Å². The Labute approximate surface area is 110 Å². The van der Waals surface area contributed by atoms with E-state index in [4.69, 9.17) is 10.3 Å². The lowest BCUT2D eigenvalue weighted by molar-refractivity contribution is 0.0952. The second kappa shape index (κ2) is 5.75. The van der Waals surface area contributed by atoms with E-state index in [0.717, 1.165) is 10.7 Å². The monoisotopic (exact) mass is 262 g/mol. The number of amides is 1. The highest BCUT2D eigenvalue weighted by Gasteiger charge is 2.13. The zero-order valence-corrected chi connectivity index (χ0v) is 10.8. The number of furan rings is 1. The molecule has 0 fully saturated rings. The molecule has 0 aliphatic heterocycles. The van der Waals surface area contributed by atoms with E-state index in [9.17, 15) is 4.79 Å². The maximum atomic E-state index is 11.4. The molecule has 3 N–H and O–H groups in total. The van der Waals surface area contributed by atoms with E-state index in [1.165, 1.54) is 0 Å². The number of aryl methyl sites for hydroxylation is 1. The van der Waals surface area contributed by atoms with Gasteiger partial charge in [-0.05, 0) is 25.1 Å². The fourth-order valence-electron chi connectivity index (χ4n) is 1.59. The van der Waals surface area contributed by atoms with Gasteiger partial charge in [-0.3, -0.25) is 10.2 Å². The summed E-state index contributed by atoms with van der Waals surface area (Å²) >= 11 is 1.66. The van der Waals surface area contributed by atoms with Crippen LogP contribution in [0.4, 0.5) is 0 Å². The summed E-state index contributed by atoms with van der Waals surface area (Å²) < 4.78 is 5.52. The number of carbonyl (C=O) groups is 1. The van der Waals surface area contributed by atoms with Crippen LogP contribution in [0.2, 0.25) is 0 Å². The SMILES string of the molecule is Cc1oc(CSc2ccccc2)cc1C(=O)NN. The molecule has 4 nitrogen and oxygen atoms in total. The van der Waals surface area contributed by atoms with E-state index in [1.54, 1.807) is 24.8 Å². The van der Waals surface area contributed by atoms with Crippen molar-refractivity contribution in [1.29, 1.82) is 0 Å². The van der Waals surface area contributed by atoms with Crippen LogP contribution < -0.4 is 11.3 Å². The van der Waals surface area contributed by atoms with Crippen molar-refractivity contribution in [2.24, 2.45) is 5.84 Å². The molecule has 2 rings (SSSR count). The molecular weight excluding hydrogens is 248 g/mol. The summed E-state index contributed by atoms with van der Waals surface area (Å²) in [4.78, 5) is 12.6. The maximum absolute atomic E-state index is 11.4. The van der Waals surface area contributed by atoms with Gasteiger partial charge in [-0.25, -0.2) is 5.84 Å². The predicted molar refractivity (Wildman–Crippen MR) is 71.1 cm³/mol. The average Bonchev–Trinajstić information content (AvgIpc) is 2.78. The molecule has 0 atom stereocenters. The van der Waals surface area contributed by atoms with E-state index in [0.29, 0.717) is 17.1 Å². The molecule has 1 amide bonds. The van der Waals surface area contributed by atoms with Gasteiger partial charge in [0.2, 0.25) is 0 Å². The summed E-state index contributed by atoms with van der Waals surface area (Å²) in [7, 11) is 0. The van der Waals surface area contributed by atoms with Crippen LogP contribution >= 0.6 is 11.8 Å². The van der Waals surface area contributed by atoms with Crippen LogP contribution in [0.15, 0.2) is 45.7 Å². The zero-order valence-electron chi connectivity index (χ0n) is 9.97. The Bertz CT molecular complexity index is 537. The van der Waals surface area contributed by atoms with Crippen LogP contribution in [0.1, 0.15) is 21.9 Å². The quantitative estimate of drug-likeness (QED) is 0.384. The van der Waals surface area contributed by atoms with Crippen LogP contribution in [-0.4, -0.2) is 5.91 Å². The second-order valence-corrected chi connectivity index (χ2v) is 4.81. The van der Waals surface area contributed by atoms with Crippen LogP contribution in [-0.2, 0) is 5.75 Å². The lowest BCUT2D eigenvalue weighted by Gasteiger charge is -1.97. The van der Waals surface area contributed by atoms with Gasteiger partial charge in [0, 0.05) is 4.90 Å². The van der Waals surface area contributed by atoms with Crippen molar-refractivity contribution < 1.29 is 9.21 Å². The Morgan fingerprint density at radius 3 is 2.78 bits per heavy atom. The summed E-state index contributed by atoms with van der Waals surface area (Å²) in [6.45, 7) is 1.75. The number of hydrogen-bond acceptors (Lipinski definition) is 4. The first-order valence-corrected chi connectivity index (χ1v) is 6.47. The van der Waals surface area contributed by atoms with Gasteiger partial charge < -0.3 is 4.42 Å². The molecule has 1 aromatic carbocycles. The first kappa shape index (κ1) is 12.7. The van der Waals surface area contributed by atoms with Gasteiger partial charge in [0.15, 0.2) is 0 Å². The predicted octanol–water partition coefficient (Wildman–Crippen LogP) is 2.48. The van der Waals surface area contributed by atoms with Gasteiger partial charge in [0.05, 0.1) is 11.3 Å². The van der Waals surface area contributed by atoms with E-state index in [1.807, 2.05) is 30.3 Å². The Hall–Kier alpha value is -1.72. The van der Waals surface area contributed by atoms with Crippen LogP contribution in [0.3, 0.4) is 0 Å². The number of nitrogen functional groups attached to an aromatic ring is 1. The summed E-state index contributed by atoms with van der Waals surface area (Å²) in [5.74, 6) is 6.81. The number of thioether (sulfide) groups is 1. The Kier molecular flexibility index (Phi) is 4.07. The highest BCUT2D eigenvalue weighted by Crippen LogP contribution is 2.25. The zero-order chi connectivity index (χ0) is 13.0. The van der Waals surface area contributed by atoms with Gasteiger partial charge in [-0.2, -0.15) is 0 Å². The Morgan fingerprint density at radius 2 is 2.11 bits per heavy atom. The molecule has 1 aromatic heterocycles. The first-order chi connectivity index (χ1) is 8.70. The number of hydrogen-bond donors (Lipinski definition) is 2. The average molecular weight is 262 g/mol. The molecule has 0 spiro atoms. The Balaban J connectivity index is 2.05. The molecule has 0 unspecified atom stereocenters. The number of nitrogens with two attached hydrogens (primary N) is 1. The van der Waals surface area contributed by atoms with Crippen LogP contribution in [0.5, 0.6) is 0 Å². The molecular formula is C13H14N2O2S. The molecule has 0 aliphatic carbocycles. The normalized spacial score (nSPS) is 10.3. The van der Waals surface area contributed by atoms with Crippen molar-refractivity contribution in [3.05, 3.63) is 53.5 Å². The molecule has 0 bridgehead atoms. The number of hydrazine groups is 1. The summed E-state index contributed by atoms with van der Waals surface area (Å²) in [6, 6.07) is 11.8. The number of nitrogens with one attached hydrogen (secondary N) is 1. The van der Waals surface area contributed by atoms with Crippen molar-refractivity contribution in [1.82, 2.24) is 5.43 Å². The molecule has 18 heavy (non-hydrogen) atoms. The maximum Gasteiger partial charge on any atom is 0.268 e. The highest BCUT2D eigenvalue weighted by molar-refractivity contribution is 7.98. The molecule has 94 valence electrons. The van der Waals surface area contributed by atoms with Crippen LogP contribution in [0, 0.1) is 6.92 Å². The van der Waals surface area contributed by atoms with E-state index >= 15 is 0 Å². The molecule has 0 aliphatic rings. The first-order valence-electron chi connectivity index (χ1n) is 5.49. The molecule has 0 radical (unpaired) electrons. The smallest absolute Gasteiger partial charge is 0.268 e. The third-order valence-electron chi connectivity index (χ3n) is 2.47. The lowest BCUT2D eigenvalue weighted by atomic mass is 10.2. The minimum Gasteiger partial charge on any atom is -0.465 e. The van der Waals surface area contributed by atoms with Gasteiger partial charge in [0.25, 0.3) is 5.91 Å². The van der Waals surface area contributed by atoms with Crippen molar-refractivity contribution in [3.63, 3.8) is 0 Å². The number of rotatable bonds is 4. The minimum absolute atomic E-state index is 0.327. The van der Waals surface area contributed by atoms with Crippen LogP contribution in [0.25, 0.3) is 0 Å². The van der Waals surface area contributed by atoms with Gasteiger partial charge >= 0.3 is 0 Å². The van der Waals surface area contributed by atoms with Crippen molar-refractivity contribution in [2.45, 2.75) is 17.6 Å². The molecule has 2 aromatic rings. The van der Waals surface area contributed by atoms with Crippen molar-refractivity contribution >= 4 is 17.7 Å². The fraction of sp³-hybridized carbons (Fsp3) is 0.154. The van der Waals surface area contributed by atoms with E-state index < -0.39 is 0 Å². The largest absolute Gasteiger partial charge is 0.465 e. The summed E-state index contributed by atoms with van der Waals surface area (Å²) in [5, 5.41) is 0. The molecule has 0 saturated carbocycles. The Morgan fingerprint density at radius 1 is 1.39 bits per heavy atom. The fourth-order valence-corrected chi connectivity index (χ4v) is 2.39. The van der Waals surface area contributed by atoms with Gasteiger partial charge in [-0.15, -0.1) is 11.8 Å². The summed E-state index contributed by atoms with van der Waals surface area (Å²) in [5.41, 5.74) is 2.59. The van der Waals surface area contributed by atoms with E-state index in [2.05, 4.69) is 5.43 Å². The molecule has 5 heteroatoms. The third kappa shape index (κ3) is 2.94. The van der Waals surface area contributed by atoms with Gasteiger partial charge in [0.1, 0.15) is 11.5 Å². The van der Waals surface area contributed by atoms with E-state index in [-0.39, 0.29) is 5.91 Å².